The minimum Gasteiger partial charge on any atom is -0.480 e. The van der Waals surface area contributed by atoms with E-state index < -0.39 is 5.97 Å². The predicted octanol–water partition coefficient (Wildman–Crippen LogP) is 1.88. The highest BCUT2D eigenvalue weighted by atomic mass is 35.5. The first-order chi connectivity index (χ1) is 10.0. The van der Waals surface area contributed by atoms with E-state index in [-0.39, 0.29) is 17.2 Å². The van der Waals surface area contributed by atoms with Gasteiger partial charge < -0.3 is 15.0 Å². The van der Waals surface area contributed by atoms with Gasteiger partial charge in [-0.2, -0.15) is 10.2 Å². The normalized spacial score (nSPS) is 15.6. The van der Waals surface area contributed by atoms with E-state index in [0.29, 0.717) is 23.4 Å². The van der Waals surface area contributed by atoms with Gasteiger partial charge in [0.25, 0.3) is 0 Å². The van der Waals surface area contributed by atoms with Crippen molar-refractivity contribution in [3.8, 4) is 6.07 Å². The van der Waals surface area contributed by atoms with Gasteiger partial charge in [0.15, 0.2) is 0 Å². The van der Waals surface area contributed by atoms with E-state index in [1.54, 1.807) is 12.3 Å². The molecule has 8 heteroatoms. The molecule has 3 rings (SSSR count). The number of halogens is 1. The summed E-state index contributed by atoms with van der Waals surface area (Å²) in [5.41, 5.74) is 0.148. The number of nitrogens with zero attached hydrogens (tertiary/aromatic N) is 4. The predicted molar refractivity (Wildman–Crippen MR) is 75.9 cm³/mol. The maximum absolute atomic E-state index is 10.8. The number of carbonyl (C=O) groups is 1. The number of nitriles is 1. The van der Waals surface area contributed by atoms with Crippen LogP contribution in [-0.4, -0.2) is 32.2 Å². The number of hydrogen-bond acceptors (Lipinski definition) is 5. The molecular formula is C13H12ClN5O2. The molecule has 0 unspecified atom stereocenters. The van der Waals surface area contributed by atoms with Gasteiger partial charge in [-0.05, 0) is 30.5 Å². The molecule has 0 spiro atoms. The monoisotopic (exact) mass is 305 g/mol. The van der Waals surface area contributed by atoms with Gasteiger partial charge in [-0.1, -0.05) is 0 Å². The lowest BCUT2D eigenvalue weighted by Gasteiger charge is -2.10. The van der Waals surface area contributed by atoms with Gasteiger partial charge in [0.1, 0.15) is 18.0 Å². The van der Waals surface area contributed by atoms with E-state index >= 15 is 0 Å². The van der Waals surface area contributed by atoms with Crippen molar-refractivity contribution < 1.29 is 9.90 Å². The van der Waals surface area contributed by atoms with Crippen molar-refractivity contribution in [2.75, 3.05) is 11.9 Å². The largest absolute Gasteiger partial charge is 0.480 e. The Hall–Kier alpha value is -2.33. The van der Waals surface area contributed by atoms with Crippen LogP contribution in [0.3, 0.4) is 0 Å². The topological polar surface area (TPSA) is 104 Å². The lowest BCUT2D eigenvalue weighted by Crippen LogP contribution is -2.15. The van der Waals surface area contributed by atoms with Crippen LogP contribution in [0.5, 0.6) is 0 Å². The van der Waals surface area contributed by atoms with Crippen molar-refractivity contribution in [3.63, 3.8) is 0 Å². The summed E-state index contributed by atoms with van der Waals surface area (Å²) in [5, 5.41) is 21.8. The van der Waals surface area contributed by atoms with Crippen LogP contribution < -0.4 is 5.32 Å². The third-order valence-electron chi connectivity index (χ3n) is 3.58. The van der Waals surface area contributed by atoms with Crippen LogP contribution in [0, 0.1) is 16.7 Å². The van der Waals surface area contributed by atoms with Crippen LogP contribution in [0.25, 0.3) is 11.0 Å². The van der Waals surface area contributed by atoms with E-state index in [0.717, 1.165) is 12.8 Å². The average Bonchev–Trinajstić information content (AvgIpc) is 3.13. The Morgan fingerprint density at radius 2 is 2.33 bits per heavy atom. The van der Waals surface area contributed by atoms with Gasteiger partial charge in [0.2, 0.25) is 5.28 Å². The summed E-state index contributed by atoms with van der Waals surface area (Å²) < 4.78 is 1.49. The van der Waals surface area contributed by atoms with Gasteiger partial charge >= 0.3 is 5.97 Å². The molecule has 0 radical (unpaired) electrons. The van der Waals surface area contributed by atoms with Gasteiger partial charge in [0, 0.05) is 12.7 Å². The van der Waals surface area contributed by atoms with E-state index in [4.69, 9.17) is 22.0 Å². The maximum atomic E-state index is 10.8. The quantitative estimate of drug-likeness (QED) is 0.817. The fourth-order valence-electron chi connectivity index (χ4n) is 2.18. The first-order valence-electron chi connectivity index (χ1n) is 6.42. The smallest absolute Gasteiger partial charge is 0.323 e. The van der Waals surface area contributed by atoms with Crippen LogP contribution in [-0.2, 0) is 11.3 Å². The number of nitrogens with one attached hydrogen (secondary N) is 1. The van der Waals surface area contributed by atoms with Crippen molar-refractivity contribution in [2.24, 2.45) is 5.41 Å². The molecule has 0 amide bonds. The summed E-state index contributed by atoms with van der Waals surface area (Å²) in [6, 6.07) is 4.03. The summed E-state index contributed by atoms with van der Waals surface area (Å²) in [7, 11) is 0. The summed E-state index contributed by atoms with van der Waals surface area (Å²) >= 11 is 5.90. The minimum atomic E-state index is -0.960. The van der Waals surface area contributed by atoms with Crippen molar-refractivity contribution in [1.82, 2.24) is 14.5 Å². The number of hydrogen-bond donors (Lipinski definition) is 2. The second-order valence-corrected chi connectivity index (χ2v) is 5.50. The molecule has 2 aromatic heterocycles. The van der Waals surface area contributed by atoms with Crippen LogP contribution in [0.1, 0.15) is 12.8 Å². The molecule has 0 saturated heterocycles. The molecule has 7 nitrogen and oxygen atoms in total. The molecule has 2 N–H and O–H groups in total. The van der Waals surface area contributed by atoms with Crippen LogP contribution in [0.4, 0.5) is 5.82 Å². The standard InChI is InChI=1S/C13H12ClN5O2/c14-12-17-10(16-7-13(6-15)2-3-13)8-1-4-19(5-9(20)21)11(8)18-12/h1,4H,2-3,5,7H2,(H,20,21)(H,16,17,18). The van der Waals surface area contributed by atoms with Gasteiger partial charge in [0.05, 0.1) is 16.9 Å². The second kappa shape index (κ2) is 4.90. The first kappa shape index (κ1) is 13.6. The summed E-state index contributed by atoms with van der Waals surface area (Å²) in [6.07, 6.45) is 3.38. The summed E-state index contributed by atoms with van der Waals surface area (Å²) in [4.78, 5) is 19.0. The van der Waals surface area contributed by atoms with E-state index in [1.807, 2.05) is 0 Å². The molecule has 0 aromatic carbocycles. The zero-order valence-electron chi connectivity index (χ0n) is 11.0. The number of carboxylic acid groups (broad SMARTS) is 1. The fraction of sp³-hybridized carbons (Fsp3) is 0.385. The molecule has 1 aliphatic rings. The van der Waals surface area contributed by atoms with E-state index in [1.165, 1.54) is 4.57 Å². The number of aromatic nitrogens is 3. The Kier molecular flexibility index (Phi) is 3.18. The third-order valence-corrected chi connectivity index (χ3v) is 3.75. The van der Waals surface area contributed by atoms with Crippen LogP contribution >= 0.6 is 11.6 Å². The molecule has 0 atom stereocenters. The Balaban J connectivity index is 1.93. The average molecular weight is 306 g/mol. The van der Waals surface area contributed by atoms with Crippen LogP contribution in [0.15, 0.2) is 12.3 Å². The molecule has 2 aromatic rings. The van der Waals surface area contributed by atoms with Crippen LogP contribution in [0.2, 0.25) is 5.28 Å². The molecule has 1 saturated carbocycles. The number of fused-ring (bicyclic) bond motifs is 1. The molecule has 0 aliphatic heterocycles. The molecule has 2 heterocycles. The molecule has 0 bridgehead atoms. The zero-order chi connectivity index (χ0) is 15.0. The molecule has 1 aliphatic carbocycles. The number of aliphatic carboxylic acids is 1. The Morgan fingerprint density at radius 3 is 2.95 bits per heavy atom. The summed E-state index contributed by atoms with van der Waals surface area (Å²) in [5.74, 6) is -0.436. The summed E-state index contributed by atoms with van der Waals surface area (Å²) in [6.45, 7) is 0.300. The van der Waals surface area contributed by atoms with Gasteiger partial charge in [-0.15, -0.1) is 0 Å². The minimum absolute atomic E-state index is 0.0390. The highest BCUT2D eigenvalue weighted by molar-refractivity contribution is 6.28. The van der Waals surface area contributed by atoms with Crippen molar-refractivity contribution >= 4 is 34.4 Å². The van der Waals surface area contributed by atoms with Crippen molar-refractivity contribution in [1.29, 1.82) is 5.26 Å². The number of rotatable bonds is 5. The maximum Gasteiger partial charge on any atom is 0.323 e. The van der Waals surface area contributed by atoms with Gasteiger partial charge in [-0.25, -0.2) is 4.98 Å². The SMILES string of the molecule is N#CC1(CNc2nc(Cl)nc3c2ccn3CC(=O)O)CC1. The van der Waals surface area contributed by atoms with Gasteiger partial charge in [-0.3, -0.25) is 4.79 Å². The second-order valence-electron chi connectivity index (χ2n) is 5.16. The highest BCUT2D eigenvalue weighted by Gasteiger charge is 2.43. The Labute approximate surface area is 125 Å². The number of carboxylic acids is 1. The van der Waals surface area contributed by atoms with Crippen molar-refractivity contribution in [2.45, 2.75) is 19.4 Å². The molecule has 1 fully saturated rings. The number of anilines is 1. The van der Waals surface area contributed by atoms with E-state index in [9.17, 15) is 4.79 Å². The Bertz CT molecular complexity index is 760. The first-order valence-corrected chi connectivity index (χ1v) is 6.80. The zero-order valence-corrected chi connectivity index (χ0v) is 11.8. The molecular weight excluding hydrogens is 294 g/mol. The fourth-order valence-corrected chi connectivity index (χ4v) is 2.34. The van der Waals surface area contributed by atoms with Crippen molar-refractivity contribution in [3.05, 3.63) is 17.5 Å². The third kappa shape index (κ3) is 2.62. The Morgan fingerprint density at radius 1 is 1.57 bits per heavy atom. The lowest BCUT2D eigenvalue weighted by molar-refractivity contribution is -0.137. The molecule has 108 valence electrons. The lowest BCUT2D eigenvalue weighted by atomic mass is 10.1. The highest BCUT2D eigenvalue weighted by Crippen LogP contribution is 2.44. The molecule has 21 heavy (non-hydrogen) atoms. The van der Waals surface area contributed by atoms with E-state index in [2.05, 4.69) is 21.4 Å².